The van der Waals surface area contributed by atoms with Crippen molar-refractivity contribution in [2.24, 2.45) is 0 Å². The Kier molecular flexibility index (Phi) is 5.70. The van der Waals surface area contributed by atoms with Crippen LogP contribution in [0.25, 0.3) is 11.4 Å². The summed E-state index contributed by atoms with van der Waals surface area (Å²) in [5.74, 6) is -0.245. The molecular formula is C24H16N2O4S4. The van der Waals surface area contributed by atoms with E-state index >= 15 is 0 Å². The predicted molar refractivity (Wildman–Crippen MR) is 137 cm³/mol. The minimum atomic E-state index is -0.914. The molecule has 0 bridgehead atoms. The van der Waals surface area contributed by atoms with Crippen LogP contribution in [0.1, 0.15) is 10.4 Å². The summed E-state index contributed by atoms with van der Waals surface area (Å²) in [6.45, 7) is 0. The standard InChI is InChI=1S/C24H16N2O4S4/c1-29-30-17-8-6-16(7-9-17)26-12-20-21(13-26)34-24(33-20)23-31-18-10-25(11-19(18)32-23)15-4-2-14(3-5-15)22(27)28/h2-13H,1H3,(H,27,28). The number of aromatic carboxylic acids is 1. The minimum Gasteiger partial charge on any atom is -0.478 e. The van der Waals surface area contributed by atoms with E-state index in [0.717, 1.165) is 11.4 Å². The molecule has 6 rings (SSSR count). The topological polar surface area (TPSA) is 65.6 Å². The van der Waals surface area contributed by atoms with Crippen molar-refractivity contribution in [1.29, 1.82) is 0 Å². The number of carboxylic acid groups (broad SMARTS) is 1. The maximum atomic E-state index is 11.1. The van der Waals surface area contributed by atoms with Crippen molar-refractivity contribution in [2.75, 3.05) is 7.11 Å². The predicted octanol–water partition coefficient (Wildman–Crippen LogP) is 7.13. The summed E-state index contributed by atoms with van der Waals surface area (Å²) in [5.41, 5.74) is 2.31. The summed E-state index contributed by atoms with van der Waals surface area (Å²) >= 11 is 7.21. The molecule has 0 atom stereocenters. The smallest absolute Gasteiger partial charge is 0.335 e. The fraction of sp³-hybridized carbons (Fsp3) is 0.0417. The Labute approximate surface area is 212 Å². The molecule has 4 aromatic rings. The lowest BCUT2D eigenvalue weighted by atomic mass is 10.2. The zero-order valence-corrected chi connectivity index (χ0v) is 20.9. The van der Waals surface area contributed by atoms with E-state index in [9.17, 15) is 4.79 Å². The maximum absolute atomic E-state index is 11.1. The summed E-state index contributed by atoms with van der Waals surface area (Å²) < 4.78 is 6.79. The van der Waals surface area contributed by atoms with E-state index in [1.807, 2.05) is 64.5 Å². The summed E-state index contributed by atoms with van der Waals surface area (Å²) in [4.78, 5) is 25.8. The van der Waals surface area contributed by atoms with Gasteiger partial charge in [0.1, 0.15) is 0 Å². The number of carbonyl (C=O) groups is 1. The lowest BCUT2D eigenvalue weighted by Crippen LogP contribution is -1.97. The first-order chi connectivity index (χ1) is 16.6. The monoisotopic (exact) mass is 524 g/mol. The molecule has 0 fully saturated rings. The van der Waals surface area contributed by atoms with E-state index in [1.54, 1.807) is 35.7 Å². The third-order valence-electron chi connectivity index (χ3n) is 5.22. The Morgan fingerprint density at radius 2 is 1.12 bits per heavy atom. The third kappa shape index (κ3) is 4.05. The van der Waals surface area contributed by atoms with Gasteiger partial charge >= 0.3 is 5.97 Å². The lowest BCUT2D eigenvalue weighted by Gasteiger charge is -2.06. The highest BCUT2D eigenvalue weighted by atomic mass is 32.2. The van der Waals surface area contributed by atoms with E-state index in [4.69, 9.17) is 14.9 Å². The molecule has 4 heterocycles. The second kappa shape index (κ2) is 8.86. The molecule has 170 valence electrons. The quantitative estimate of drug-likeness (QED) is 0.218. The number of aromatic nitrogens is 2. The Bertz CT molecular complexity index is 1390. The molecule has 2 aromatic heterocycles. The number of benzene rings is 2. The van der Waals surface area contributed by atoms with Crippen molar-refractivity contribution < 1.29 is 19.7 Å². The molecule has 10 heteroatoms. The Morgan fingerprint density at radius 3 is 1.50 bits per heavy atom. The molecule has 2 aliphatic heterocycles. The van der Waals surface area contributed by atoms with Gasteiger partial charge in [0, 0.05) is 55.7 Å². The van der Waals surface area contributed by atoms with Crippen LogP contribution in [0, 0.1) is 0 Å². The number of rotatable bonds is 5. The highest BCUT2D eigenvalue weighted by Crippen LogP contribution is 2.61. The van der Waals surface area contributed by atoms with E-state index in [1.165, 1.54) is 35.2 Å². The summed E-state index contributed by atoms with van der Waals surface area (Å²) in [7, 11) is 1.49. The molecule has 0 amide bonds. The lowest BCUT2D eigenvalue weighted by molar-refractivity contribution is -0.178. The van der Waals surface area contributed by atoms with Gasteiger partial charge in [0.15, 0.2) is 5.75 Å². The van der Waals surface area contributed by atoms with Crippen molar-refractivity contribution in [3.05, 3.63) is 87.4 Å². The number of thioether (sulfide) groups is 4. The SMILES string of the molecule is COOc1ccc(-n2cc3c(c2)SC(=C2Sc4cn(-c5ccc(C(=O)O)cc5)cc4S2)S3)cc1. The van der Waals surface area contributed by atoms with Crippen molar-refractivity contribution in [3.8, 4) is 17.1 Å². The van der Waals surface area contributed by atoms with Gasteiger partial charge < -0.3 is 19.1 Å². The van der Waals surface area contributed by atoms with Gasteiger partial charge in [-0.15, -0.1) is 0 Å². The van der Waals surface area contributed by atoms with Gasteiger partial charge in [-0.05, 0) is 48.5 Å². The summed E-state index contributed by atoms with van der Waals surface area (Å²) in [6, 6.07) is 14.7. The molecular weight excluding hydrogens is 509 g/mol. The van der Waals surface area contributed by atoms with Crippen LogP contribution >= 0.6 is 47.0 Å². The van der Waals surface area contributed by atoms with Gasteiger partial charge in [-0.3, -0.25) is 0 Å². The third-order valence-corrected chi connectivity index (χ3v) is 10.7. The van der Waals surface area contributed by atoms with Crippen LogP contribution in [0.15, 0.2) is 101 Å². The van der Waals surface area contributed by atoms with Crippen LogP contribution < -0.4 is 4.89 Å². The molecule has 2 aromatic carbocycles. The minimum absolute atomic E-state index is 0.291. The molecule has 0 unspecified atom stereocenters. The van der Waals surface area contributed by atoms with Gasteiger partial charge in [-0.1, -0.05) is 47.0 Å². The van der Waals surface area contributed by atoms with Gasteiger partial charge in [0.25, 0.3) is 0 Å². The summed E-state index contributed by atoms with van der Waals surface area (Å²) in [6.07, 6.45) is 8.55. The zero-order valence-electron chi connectivity index (χ0n) is 17.6. The number of hydrogen-bond acceptors (Lipinski definition) is 7. The Balaban J connectivity index is 1.16. The number of carboxylic acids is 1. The van der Waals surface area contributed by atoms with Crippen LogP contribution in [0.3, 0.4) is 0 Å². The van der Waals surface area contributed by atoms with Gasteiger partial charge in [-0.25, -0.2) is 4.79 Å². The number of hydrogen-bond donors (Lipinski definition) is 1. The molecule has 0 radical (unpaired) electrons. The molecule has 1 N–H and O–H groups in total. The molecule has 0 aliphatic carbocycles. The van der Waals surface area contributed by atoms with Crippen molar-refractivity contribution in [1.82, 2.24) is 9.13 Å². The number of fused-ring (bicyclic) bond motifs is 2. The second-order valence-corrected chi connectivity index (χ2v) is 12.1. The highest BCUT2D eigenvalue weighted by molar-refractivity contribution is 8.30. The van der Waals surface area contributed by atoms with Gasteiger partial charge in [0.05, 0.1) is 21.1 Å². The molecule has 34 heavy (non-hydrogen) atoms. The van der Waals surface area contributed by atoms with Crippen LogP contribution in [0.5, 0.6) is 5.75 Å². The first-order valence-corrected chi connectivity index (χ1v) is 13.4. The Morgan fingerprint density at radius 1 is 0.706 bits per heavy atom. The normalized spacial score (nSPS) is 14.4. The first-order valence-electron chi connectivity index (χ1n) is 10.1. The Hall–Kier alpha value is -2.63. The average Bonchev–Trinajstić information content (AvgIpc) is 3.58. The summed E-state index contributed by atoms with van der Waals surface area (Å²) in [5, 5.41) is 9.09. The van der Waals surface area contributed by atoms with Crippen LogP contribution in [0.2, 0.25) is 0 Å². The van der Waals surface area contributed by atoms with Crippen LogP contribution in [0.4, 0.5) is 0 Å². The fourth-order valence-electron chi connectivity index (χ4n) is 3.59. The molecule has 0 saturated carbocycles. The first kappa shape index (κ1) is 21.9. The molecule has 0 saturated heterocycles. The van der Waals surface area contributed by atoms with Crippen molar-refractivity contribution >= 4 is 53.0 Å². The maximum Gasteiger partial charge on any atom is 0.335 e. The second-order valence-electron chi connectivity index (χ2n) is 7.37. The van der Waals surface area contributed by atoms with E-state index in [2.05, 4.69) is 29.4 Å². The van der Waals surface area contributed by atoms with Crippen molar-refractivity contribution in [3.63, 3.8) is 0 Å². The van der Waals surface area contributed by atoms with E-state index in [0.29, 0.717) is 11.3 Å². The van der Waals surface area contributed by atoms with Gasteiger partial charge in [0.2, 0.25) is 0 Å². The molecule has 6 nitrogen and oxygen atoms in total. The van der Waals surface area contributed by atoms with Gasteiger partial charge in [-0.2, -0.15) is 4.89 Å². The van der Waals surface area contributed by atoms with Crippen molar-refractivity contribution in [2.45, 2.75) is 19.6 Å². The highest BCUT2D eigenvalue weighted by Gasteiger charge is 2.29. The van der Waals surface area contributed by atoms with Crippen LogP contribution in [-0.4, -0.2) is 27.3 Å². The zero-order chi connectivity index (χ0) is 23.2. The largest absolute Gasteiger partial charge is 0.478 e. The fourth-order valence-corrected chi connectivity index (χ4v) is 8.91. The van der Waals surface area contributed by atoms with Crippen LogP contribution in [-0.2, 0) is 4.89 Å². The molecule has 2 aliphatic rings. The average molecular weight is 525 g/mol. The molecule has 0 spiro atoms. The van der Waals surface area contributed by atoms with E-state index in [-0.39, 0.29) is 0 Å². The number of nitrogens with zero attached hydrogens (tertiary/aromatic N) is 2. The van der Waals surface area contributed by atoms with E-state index < -0.39 is 5.97 Å².